The van der Waals surface area contributed by atoms with E-state index in [0.29, 0.717) is 0 Å². The maximum Gasteiger partial charge on any atom is 0.522 e. The second-order valence-corrected chi connectivity index (χ2v) is 3.57. The highest BCUT2D eigenvalue weighted by molar-refractivity contribution is 7.86. The Labute approximate surface area is 78.7 Å². The van der Waals surface area contributed by atoms with Crippen LogP contribution in [0.1, 0.15) is 0 Å². The molecule has 5 nitrogen and oxygen atoms in total. The molecule has 0 atom stereocenters. The van der Waals surface area contributed by atoms with Crippen LogP contribution in [0.4, 0.5) is 13.2 Å². The summed E-state index contributed by atoms with van der Waals surface area (Å²) in [5.74, 6) is 0. The molecule has 0 aromatic rings. The Kier molecular flexibility index (Phi) is 4.88. The van der Waals surface area contributed by atoms with Crippen molar-refractivity contribution in [3.63, 3.8) is 0 Å². The highest BCUT2D eigenvalue weighted by atomic mass is 32.2. The first-order chi connectivity index (χ1) is 6.25. The third kappa shape index (κ3) is 5.78. The van der Waals surface area contributed by atoms with E-state index in [1.54, 1.807) is 0 Å². The lowest BCUT2D eigenvalue weighted by molar-refractivity contribution is -0.0510. The molecular formula is C5H9F3N2O3S. The number of halogens is 3. The summed E-state index contributed by atoms with van der Waals surface area (Å²) >= 11 is 0. The Balaban J connectivity index is 0.000000249. The number of hydrogen-bond acceptors (Lipinski definition) is 4. The molecule has 0 saturated heterocycles. The Morgan fingerprint density at radius 1 is 1.36 bits per heavy atom. The van der Waals surface area contributed by atoms with Crippen molar-refractivity contribution in [1.29, 1.82) is 0 Å². The van der Waals surface area contributed by atoms with E-state index >= 15 is 0 Å². The van der Waals surface area contributed by atoms with E-state index < -0.39 is 15.6 Å². The zero-order valence-corrected chi connectivity index (χ0v) is 7.69. The third-order valence-corrected chi connectivity index (χ3v) is 1.60. The molecular weight excluding hydrogens is 225 g/mol. The number of alkyl halides is 3. The van der Waals surface area contributed by atoms with Gasteiger partial charge in [-0.3, -0.25) is 9.87 Å². The summed E-state index contributed by atoms with van der Waals surface area (Å²) in [5.41, 5.74) is -5.53. The van der Waals surface area contributed by atoms with Crippen LogP contribution in [0.2, 0.25) is 0 Å². The van der Waals surface area contributed by atoms with Crippen LogP contribution in [-0.2, 0) is 10.1 Å². The van der Waals surface area contributed by atoms with Crippen LogP contribution in [0, 0.1) is 0 Å². The SMILES string of the molecule is C1=CNCNC1.O=S(=O)(O)C(F)(F)F. The highest BCUT2D eigenvalue weighted by Crippen LogP contribution is 2.20. The van der Waals surface area contributed by atoms with Gasteiger partial charge in [0, 0.05) is 6.54 Å². The summed E-state index contributed by atoms with van der Waals surface area (Å²) < 4.78 is 57.5. The summed E-state index contributed by atoms with van der Waals surface area (Å²) in [7, 11) is -5.84. The number of rotatable bonds is 0. The lowest BCUT2D eigenvalue weighted by Crippen LogP contribution is -2.29. The molecule has 1 heterocycles. The van der Waals surface area contributed by atoms with Crippen LogP contribution in [0.25, 0.3) is 0 Å². The van der Waals surface area contributed by atoms with E-state index in [1.807, 2.05) is 12.3 Å². The number of hydrogen-bond donors (Lipinski definition) is 3. The molecule has 0 saturated carbocycles. The molecule has 0 radical (unpaired) electrons. The molecule has 0 aromatic carbocycles. The van der Waals surface area contributed by atoms with Crippen molar-refractivity contribution in [2.45, 2.75) is 5.51 Å². The first-order valence-electron chi connectivity index (χ1n) is 3.38. The van der Waals surface area contributed by atoms with Crippen LogP contribution in [-0.4, -0.2) is 31.7 Å². The fraction of sp³-hybridized carbons (Fsp3) is 0.600. The van der Waals surface area contributed by atoms with Crippen molar-refractivity contribution < 1.29 is 26.1 Å². The van der Waals surface area contributed by atoms with E-state index in [2.05, 4.69) is 10.6 Å². The van der Waals surface area contributed by atoms with E-state index in [1.165, 1.54) is 0 Å². The Hall–Kier alpha value is -0.800. The zero-order chi connectivity index (χ0) is 11.2. The second-order valence-electron chi connectivity index (χ2n) is 2.16. The van der Waals surface area contributed by atoms with Crippen LogP contribution in [0.3, 0.4) is 0 Å². The third-order valence-electron chi connectivity index (χ3n) is 1.02. The summed E-state index contributed by atoms with van der Waals surface area (Å²) in [4.78, 5) is 0. The predicted octanol–water partition coefficient (Wildman–Crippen LogP) is 0.0444. The molecule has 0 fully saturated rings. The zero-order valence-electron chi connectivity index (χ0n) is 6.87. The largest absolute Gasteiger partial charge is 0.522 e. The van der Waals surface area contributed by atoms with Gasteiger partial charge in [0.25, 0.3) is 0 Å². The Morgan fingerprint density at radius 3 is 1.93 bits per heavy atom. The predicted molar refractivity (Wildman–Crippen MR) is 42.7 cm³/mol. The molecule has 84 valence electrons. The van der Waals surface area contributed by atoms with E-state index in [-0.39, 0.29) is 0 Å². The standard InChI is InChI=1S/C4H8N2.CHF3O3S/c1-2-5-4-6-3-1;2-1(3,4)8(5,6)7/h1-2,5-6H,3-4H2;(H,5,6,7). The van der Waals surface area contributed by atoms with Gasteiger partial charge in [0.05, 0.1) is 6.67 Å². The fourth-order valence-electron chi connectivity index (χ4n) is 0.429. The first kappa shape index (κ1) is 13.2. The highest BCUT2D eigenvalue weighted by Gasteiger charge is 2.44. The Bertz CT molecular complexity index is 277. The van der Waals surface area contributed by atoms with Gasteiger partial charge in [-0.15, -0.1) is 0 Å². The van der Waals surface area contributed by atoms with Crippen LogP contribution >= 0.6 is 0 Å². The van der Waals surface area contributed by atoms with Crippen molar-refractivity contribution in [2.75, 3.05) is 13.2 Å². The molecule has 1 aliphatic heterocycles. The summed E-state index contributed by atoms with van der Waals surface area (Å²) in [5, 5.41) is 6.08. The second kappa shape index (κ2) is 5.17. The quantitative estimate of drug-likeness (QED) is 0.407. The first-order valence-corrected chi connectivity index (χ1v) is 4.82. The molecule has 0 bridgehead atoms. The van der Waals surface area contributed by atoms with E-state index in [0.717, 1.165) is 13.2 Å². The van der Waals surface area contributed by atoms with Gasteiger partial charge in [0.2, 0.25) is 0 Å². The van der Waals surface area contributed by atoms with Gasteiger partial charge in [-0.05, 0) is 6.20 Å². The molecule has 0 aliphatic carbocycles. The molecule has 0 amide bonds. The van der Waals surface area contributed by atoms with Crippen LogP contribution in [0.15, 0.2) is 12.3 Å². The van der Waals surface area contributed by atoms with Crippen molar-refractivity contribution >= 4 is 10.1 Å². The fourth-order valence-corrected chi connectivity index (χ4v) is 0.429. The van der Waals surface area contributed by atoms with Gasteiger partial charge in [0.1, 0.15) is 0 Å². The normalized spacial score (nSPS) is 16.6. The summed E-state index contributed by atoms with van der Waals surface area (Å²) in [6, 6.07) is 0. The molecule has 0 aromatic heterocycles. The minimum absolute atomic E-state index is 0.913. The van der Waals surface area contributed by atoms with Gasteiger partial charge in [-0.2, -0.15) is 21.6 Å². The average molecular weight is 234 g/mol. The molecule has 1 aliphatic rings. The van der Waals surface area contributed by atoms with Crippen molar-refractivity contribution in [2.24, 2.45) is 0 Å². The summed E-state index contributed by atoms with van der Waals surface area (Å²) in [6.45, 7) is 1.92. The lowest BCUT2D eigenvalue weighted by atomic mass is 10.5. The maximum atomic E-state index is 10.7. The monoisotopic (exact) mass is 234 g/mol. The molecule has 0 spiro atoms. The molecule has 3 N–H and O–H groups in total. The van der Waals surface area contributed by atoms with Crippen molar-refractivity contribution in [1.82, 2.24) is 10.6 Å². The van der Waals surface area contributed by atoms with Gasteiger partial charge in [-0.1, -0.05) is 6.08 Å². The molecule has 9 heteroatoms. The van der Waals surface area contributed by atoms with Gasteiger partial charge in [0.15, 0.2) is 0 Å². The topological polar surface area (TPSA) is 78.4 Å². The summed E-state index contributed by atoms with van der Waals surface area (Å²) in [6.07, 6.45) is 4.00. The van der Waals surface area contributed by atoms with Gasteiger partial charge >= 0.3 is 15.6 Å². The van der Waals surface area contributed by atoms with E-state index in [4.69, 9.17) is 13.0 Å². The van der Waals surface area contributed by atoms with Gasteiger partial charge < -0.3 is 5.32 Å². The Morgan fingerprint density at radius 2 is 1.86 bits per heavy atom. The molecule has 0 unspecified atom stereocenters. The van der Waals surface area contributed by atoms with Crippen molar-refractivity contribution in [3.8, 4) is 0 Å². The smallest absolute Gasteiger partial charge is 0.379 e. The minimum atomic E-state index is -5.84. The van der Waals surface area contributed by atoms with Crippen molar-refractivity contribution in [3.05, 3.63) is 12.3 Å². The van der Waals surface area contributed by atoms with Crippen LogP contribution in [0.5, 0.6) is 0 Å². The van der Waals surface area contributed by atoms with E-state index in [9.17, 15) is 13.2 Å². The number of nitrogens with one attached hydrogen (secondary N) is 2. The molecule has 1 rings (SSSR count). The maximum absolute atomic E-state index is 10.7. The average Bonchev–Trinajstić information content (AvgIpc) is 2.05. The van der Waals surface area contributed by atoms with Crippen LogP contribution < -0.4 is 10.6 Å². The molecule has 14 heavy (non-hydrogen) atoms. The van der Waals surface area contributed by atoms with Gasteiger partial charge in [-0.25, -0.2) is 0 Å². The lowest BCUT2D eigenvalue weighted by Gasteiger charge is -2.05. The minimum Gasteiger partial charge on any atom is -0.379 e.